The molecule has 1 aliphatic carbocycles. The van der Waals surface area contributed by atoms with Crippen LogP contribution in [0.3, 0.4) is 0 Å². The van der Waals surface area contributed by atoms with Crippen molar-refractivity contribution in [3.05, 3.63) is 29.6 Å². The Kier molecular flexibility index (Phi) is 6.00. The van der Waals surface area contributed by atoms with E-state index in [1.54, 1.807) is 6.07 Å². The van der Waals surface area contributed by atoms with Gasteiger partial charge in [0, 0.05) is 12.2 Å². The second kappa shape index (κ2) is 7.76. The third-order valence-corrected chi connectivity index (χ3v) is 4.20. The van der Waals surface area contributed by atoms with Crippen molar-refractivity contribution in [2.45, 2.75) is 51.7 Å². The first-order valence-electron chi connectivity index (χ1n) is 7.84. The summed E-state index contributed by atoms with van der Waals surface area (Å²) < 4.78 is 18.8. The molecular weight excluding hydrogens is 269 g/mol. The minimum absolute atomic E-state index is 0.242. The molecule has 118 valence electrons. The number of hydrogen-bond donors (Lipinski definition) is 2. The van der Waals surface area contributed by atoms with Gasteiger partial charge in [0.2, 0.25) is 0 Å². The zero-order valence-electron chi connectivity index (χ0n) is 12.9. The van der Waals surface area contributed by atoms with E-state index in [1.807, 2.05) is 6.92 Å². The summed E-state index contributed by atoms with van der Waals surface area (Å²) in [6, 6.07) is 4.59. The first-order valence-corrected chi connectivity index (χ1v) is 7.84. The van der Waals surface area contributed by atoms with Gasteiger partial charge >= 0.3 is 0 Å². The summed E-state index contributed by atoms with van der Waals surface area (Å²) in [6.45, 7) is 4.89. The van der Waals surface area contributed by atoms with E-state index in [1.165, 1.54) is 25.0 Å². The van der Waals surface area contributed by atoms with Gasteiger partial charge in [0.15, 0.2) is 0 Å². The lowest BCUT2D eigenvalue weighted by Crippen LogP contribution is -2.29. The minimum atomic E-state index is -0.547. The minimum Gasteiger partial charge on any atom is -0.389 e. The summed E-state index contributed by atoms with van der Waals surface area (Å²) >= 11 is 0. The maximum absolute atomic E-state index is 13.0. The molecule has 1 saturated carbocycles. The zero-order valence-corrected chi connectivity index (χ0v) is 12.9. The fourth-order valence-electron chi connectivity index (χ4n) is 2.76. The summed E-state index contributed by atoms with van der Waals surface area (Å²) in [7, 11) is 0. The molecule has 1 atom stereocenters. The Labute approximate surface area is 126 Å². The molecule has 0 bridgehead atoms. The van der Waals surface area contributed by atoms with E-state index in [0.29, 0.717) is 19.3 Å². The fraction of sp³-hybridized carbons (Fsp3) is 0.647. The van der Waals surface area contributed by atoms with E-state index in [2.05, 4.69) is 12.2 Å². The van der Waals surface area contributed by atoms with Crippen molar-refractivity contribution in [2.75, 3.05) is 18.5 Å². The quantitative estimate of drug-likeness (QED) is 0.844. The molecule has 0 amide bonds. The first-order chi connectivity index (χ1) is 10.0. The highest BCUT2D eigenvalue weighted by molar-refractivity contribution is 5.50. The molecule has 2 rings (SSSR count). The van der Waals surface area contributed by atoms with Gasteiger partial charge in [-0.15, -0.1) is 0 Å². The number of anilines is 1. The number of ether oxygens (including phenoxy) is 1. The van der Waals surface area contributed by atoms with Gasteiger partial charge < -0.3 is 15.2 Å². The third kappa shape index (κ3) is 5.29. The van der Waals surface area contributed by atoms with E-state index in [4.69, 9.17) is 4.74 Å². The molecule has 4 heteroatoms. The van der Waals surface area contributed by atoms with Gasteiger partial charge in [0.05, 0.1) is 18.8 Å². The predicted octanol–water partition coefficient (Wildman–Crippen LogP) is 3.50. The van der Waals surface area contributed by atoms with Crippen LogP contribution in [-0.2, 0) is 4.74 Å². The fourth-order valence-corrected chi connectivity index (χ4v) is 2.76. The van der Waals surface area contributed by atoms with Crippen LogP contribution in [0, 0.1) is 18.7 Å². The lowest BCUT2D eigenvalue weighted by Gasteiger charge is -2.27. The molecule has 0 spiro atoms. The molecule has 0 aromatic heterocycles. The van der Waals surface area contributed by atoms with E-state index < -0.39 is 6.10 Å². The molecule has 1 fully saturated rings. The molecule has 0 aliphatic heterocycles. The highest BCUT2D eigenvalue weighted by Crippen LogP contribution is 2.25. The van der Waals surface area contributed by atoms with E-state index in [-0.39, 0.29) is 5.82 Å². The average molecular weight is 295 g/mol. The highest BCUT2D eigenvalue weighted by atomic mass is 19.1. The monoisotopic (exact) mass is 295 g/mol. The molecule has 0 saturated heterocycles. The SMILES string of the molecule is Cc1cc(F)ccc1NCC(O)COC1CCC(C)CC1. The van der Waals surface area contributed by atoms with E-state index in [0.717, 1.165) is 30.0 Å². The van der Waals surface area contributed by atoms with Crippen LogP contribution in [0.2, 0.25) is 0 Å². The number of aliphatic hydroxyl groups excluding tert-OH is 1. The Morgan fingerprint density at radius 2 is 2.05 bits per heavy atom. The Morgan fingerprint density at radius 3 is 2.71 bits per heavy atom. The number of benzene rings is 1. The van der Waals surface area contributed by atoms with Gasteiger partial charge in [-0.1, -0.05) is 6.92 Å². The van der Waals surface area contributed by atoms with E-state index in [9.17, 15) is 9.50 Å². The highest BCUT2D eigenvalue weighted by Gasteiger charge is 2.19. The van der Waals surface area contributed by atoms with Gasteiger partial charge in [0.1, 0.15) is 5.82 Å². The summed E-state index contributed by atoms with van der Waals surface area (Å²) in [5.74, 6) is 0.561. The lowest BCUT2D eigenvalue weighted by molar-refractivity contribution is -0.0245. The second-order valence-electron chi connectivity index (χ2n) is 6.21. The number of aryl methyl sites for hydroxylation is 1. The predicted molar refractivity (Wildman–Crippen MR) is 83.0 cm³/mol. The number of rotatable bonds is 6. The van der Waals surface area contributed by atoms with Crippen LogP contribution in [0.25, 0.3) is 0 Å². The maximum Gasteiger partial charge on any atom is 0.123 e. The third-order valence-electron chi connectivity index (χ3n) is 4.20. The molecule has 1 aromatic rings. The van der Waals surface area contributed by atoms with Crippen molar-refractivity contribution in [3.8, 4) is 0 Å². The van der Waals surface area contributed by atoms with Crippen molar-refractivity contribution in [2.24, 2.45) is 5.92 Å². The molecular formula is C17H26FNO2. The molecule has 0 radical (unpaired) electrons. The second-order valence-corrected chi connectivity index (χ2v) is 6.21. The van der Waals surface area contributed by atoms with Crippen LogP contribution in [0.1, 0.15) is 38.2 Å². The Balaban J connectivity index is 1.68. The number of aliphatic hydroxyl groups is 1. The number of halogens is 1. The van der Waals surface area contributed by atoms with Crippen LogP contribution < -0.4 is 5.32 Å². The van der Waals surface area contributed by atoms with Crippen LogP contribution in [0.4, 0.5) is 10.1 Å². The standard InChI is InChI=1S/C17H26FNO2/c1-12-3-6-16(7-4-12)21-11-15(20)10-19-17-8-5-14(18)9-13(17)2/h5,8-9,12,15-16,19-20H,3-4,6-7,10-11H2,1-2H3. The van der Waals surface area contributed by atoms with Crippen molar-refractivity contribution in [3.63, 3.8) is 0 Å². The summed E-state index contributed by atoms with van der Waals surface area (Å²) in [5, 5.41) is 13.1. The van der Waals surface area contributed by atoms with Gasteiger partial charge in [-0.2, -0.15) is 0 Å². The topological polar surface area (TPSA) is 41.5 Å². The molecule has 3 nitrogen and oxygen atoms in total. The normalized spacial score (nSPS) is 23.8. The molecule has 1 aliphatic rings. The molecule has 1 aromatic carbocycles. The summed E-state index contributed by atoms with van der Waals surface area (Å²) in [6.07, 6.45) is 4.37. The molecule has 21 heavy (non-hydrogen) atoms. The first kappa shape index (κ1) is 16.2. The number of nitrogens with one attached hydrogen (secondary N) is 1. The Morgan fingerprint density at radius 1 is 1.33 bits per heavy atom. The maximum atomic E-state index is 13.0. The van der Waals surface area contributed by atoms with Crippen molar-refractivity contribution in [1.29, 1.82) is 0 Å². The van der Waals surface area contributed by atoms with Gasteiger partial charge in [-0.3, -0.25) is 0 Å². The summed E-state index contributed by atoms with van der Waals surface area (Å²) in [5.41, 5.74) is 1.69. The van der Waals surface area contributed by atoms with Crippen LogP contribution in [0.5, 0.6) is 0 Å². The lowest BCUT2D eigenvalue weighted by atomic mass is 9.89. The van der Waals surface area contributed by atoms with Gasteiger partial charge in [0.25, 0.3) is 0 Å². The zero-order chi connectivity index (χ0) is 15.2. The average Bonchev–Trinajstić information content (AvgIpc) is 2.46. The van der Waals surface area contributed by atoms with Crippen LogP contribution in [0.15, 0.2) is 18.2 Å². The van der Waals surface area contributed by atoms with Gasteiger partial charge in [-0.25, -0.2) is 4.39 Å². The molecule has 2 N–H and O–H groups in total. The molecule has 1 unspecified atom stereocenters. The van der Waals surface area contributed by atoms with Crippen molar-refractivity contribution < 1.29 is 14.2 Å². The Hall–Kier alpha value is -1.13. The van der Waals surface area contributed by atoms with Crippen LogP contribution >= 0.6 is 0 Å². The van der Waals surface area contributed by atoms with Crippen molar-refractivity contribution >= 4 is 5.69 Å². The Bertz CT molecular complexity index is 444. The van der Waals surface area contributed by atoms with Crippen molar-refractivity contribution in [1.82, 2.24) is 0 Å². The number of hydrogen-bond acceptors (Lipinski definition) is 3. The van der Waals surface area contributed by atoms with Gasteiger partial charge in [-0.05, 0) is 62.3 Å². The molecule has 0 heterocycles. The smallest absolute Gasteiger partial charge is 0.123 e. The van der Waals surface area contributed by atoms with Crippen LogP contribution in [-0.4, -0.2) is 30.5 Å². The largest absolute Gasteiger partial charge is 0.389 e. The summed E-state index contributed by atoms with van der Waals surface area (Å²) in [4.78, 5) is 0. The van der Waals surface area contributed by atoms with E-state index >= 15 is 0 Å².